The number of phenols is 1. The zero-order chi connectivity index (χ0) is 16.2. The van der Waals surface area contributed by atoms with Crippen molar-refractivity contribution in [2.24, 2.45) is 5.10 Å². The van der Waals surface area contributed by atoms with Crippen LogP contribution in [0.3, 0.4) is 0 Å². The molecule has 0 unspecified atom stereocenters. The maximum atomic E-state index is 10.6. The van der Waals surface area contributed by atoms with Crippen LogP contribution in [0, 0.1) is 10.1 Å². The summed E-state index contributed by atoms with van der Waals surface area (Å²) in [5, 5.41) is 26.6. The molecule has 6 heteroatoms. The Labute approximate surface area is 131 Å². The quantitative estimate of drug-likeness (QED) is 0.434. The van der Waals surface area contributed by atoms with Gasteiger partial charge in [0.25, 0.3) is 5.69 Å². The number of hydrazone groups is 1. The first kappa shape index (κ1) is 14.5. The van der Waals surface area contributed by atoms with E-state index < -0.39 is 4.92 Å². The maximum absolute atomic E-state index is 10.6. The van der Waals surface area contributed by atoms with Gasteiger partial charge < -0.3 is 5.11 Å². The van der Waals surface area contributed by atoms with Gasteiger partial charge in [0.2, 0.25) is 0 Å². The molecule has 3 aromatic rings. The van der Waals surface area contributed by atoms with Crippen LogP contribution in [0.2, 0.25) is 0 Å². The van der Waals surface area contributed by atoms with Gasteiger partial charge in [0, 0.05) is 17.7 Å². The number of benzene rings is 3. The van der Waals surface area contributed by atoms with E-state index in [1.165, 1.54) is 18.3 Å². The standard InChI is InChI=1S/C17H13N3O3/c21-17-10-5-12-3-1-2-4-15(12)16(17)11-18-19-13-6-8-14(9-7-13)20(22)23/h1-11,19,21H. The number of nitro groups is 1. The highest BCUT2D eigenvalue weighted by Gasteiger charge is 2.05. The van der Waals surface area contributed by atoms with Crippen molar-refractivity contribution in [1.82, 2.24) is 0 Å². The molecule has 23 heavy (non-hydrogen) atoms. The predicted octanol–water partition coefficient (Wildman–Crippen LogP) is 3.90. The van der Waals surface area contributed by atoms with Gasteiger partial charge in [-0.15, -0.1) is 0 Å². The molecule has 0 atom stereocenters. The van der Waals surface area contributed by atoms with Crippen LogP contribution in [0.1, 0.15) is 5.56 Å². The molecule has 0 bridgehead atoms. The smallest absolute Gasteiger partial charge is 0.269 e. The largest absolute Gasteiger partial charge is 0.507 e. The number of nitrogens with one attached hydrogen (secondary N) is 1. The van der Waals surface area contributed by atoms with E-state index in [1.54, 1.807) is 18.2 Å². The minimum atomic E-state index is -0.457. The summed E-state index contributed by atoms with van der Waals surface area (Å²) in [6.07, 6.45) is 1.53. The number of phenolic OH excluding ortho intramolecular Hbond substituents is 1. The predicted molar refractivity (Wildman–Crippen MR) is 89.9 cm³/mol. The molecule has 0 saturated carbocycles. The van der Waals surface area contributed by atoms with E-state index in [2.05, 4.69) is 10.5 Å². The summed E-state index contributed by atoms with van der Waals surface area (Å²) in [4.78, 5) is 10.1. The zero-order valence-electron chi connectivity index (χ0n) is 12.0. The van der Waals surface area contributed by atoms with E-state index in [0.717, 1.165) is 10.8 Å². The van der Waals surface area contributed by atoms with Crippen LogP contribution < -0.4 is 5.43 Å². The number of hydrogen-bond donors (Lipinski definition) is 2. The Balaban J connectivity index is 1.83. The third kappa shape index (κ3) is 3.11. The molecule has 6 nitrogen and oxygen atoms in total. The van der Waals surface area contributed by atoms with Crippen molar-refractivity contribution < 1.29 is 10.0 Å². The molecule has 0 heterocycles. The maximum Gasteiger partial charge on any atom is 0.269 e. The van der Waals surface area contributed by atoms with Gasteiger partial charge in [-0.25, -0.2) is 0 Å². The van der Waals surface area contributed by atoms with Crippen molar-refractivity contribution >= 4 is 28.4 Å². The van der Waals surface area contributed by atoms with Crippen LogP contribution in [0.4, 0.5) is 11.4 Å². The zero-order valence-corrected chi connectivity index (χ0v) is 12.0. The van der Waals surface area contributed by atoms with Gasteiger partial charge in [-0.2, -0.15) is 5.10 Å². The fraction of sp³-hybridized carbons (Fsp3) is 0. The van der Waals surface area contributed by atoms with Gasteiger partial charge in [0.05, 0.1) is 16.8 Å². The van der Waals surface area contributed by atoms with Crippen LogP contribution in [-0.2, 0) is 0 Å². The van der Waals surface area contributed by atoms with Crippen molar-refractivity contribution in [3.63, 3.8) is 0 Å². The third-order valence-electron chi connectivity index (χ3n) is 3.41. The van der Waals surface area contributed by atoms with Crippen LogP contribution in [0.25, 0.3) is 10.8 Å². The van der Waals surface area contributed by atoms with Gasteiger partial charge in [0.1, 0.15) is 5.75 Å². The van der Waals surface area contributed by atoms with E-state index in [4.69, 9.17) is 0 Å². The summed E-state index contributed by atoms with van der Waals surface area (Å²) in [6.45, 7) is 0. The third-order valence-corrected chi connectivity index (χ3v) is 3.41. The van der Waals surface area contributed by atoms with Crippen molar-refractivity contribution in [1.29, 1.82) is 0 Å². The van der Waals surface area contributed by atoms with E-state index in [0.29, 0.717) is 11.3 Å². The Morgan fingerprint density at radius 3 is 2.52 bits per heavy atom. The number of nitrogens with zero attached hydrogens (tertiary/aromatic N) is 2. The van der Waals surface area contributed by atoms with Gasteiger partial charge in [-0.3, -0.25) is 15.5 Å². The summed E-state index contributed by atoms with van der Waals surface area (Å²) in [5.41, 5.74) is 4.03. The molecule has 0 aliphatic heterocycles. The highest BCUT2D eigenvalue weighted by atomic mass is 16.6. The van der Waals surface area contributed by atoms with E-state index in [-0.39, 0.29) is 11.4 Å². The normalized spacial score (nSPS) is 11.0. The molecule has 3 aromatic carbocycles. The molecule has 0 radical (unpaired) electrons. The minimum Gasteiger partial charge on any atom is -0.507 e. The van der Waals surface area contributed by atoms with Gasteiger partial charge >= 0.3 is 0 Å². The summed E-state index contributed by atoms with van der Waals surface area (Å²) < 4.78 is 0. The Kier molecular flexibility index (Phi) is 3.88. The average molecular weight is 307 g/mol. The minimum absolute atomic E-state index is 0.0197. The molecule has 0 aliphatic rings. The highest BCUT2D eigenvalue weighted by molar-refractivity contribution is 6.02. The number of fused-ring (bicyclic) bond motifs is 1. The van der Waals surface area contributed by atoms with E-state index >= 15 is 0 Å². The summed E-state index contributed by atoms with van der Waals surface area (Å²) in [6, 6.07) is 17.1. The molecule has 0 saturated heterocycles. The number of nitro benzene ring substituents is 1. The molecular formula is C17H13N3O3. The lowest BCUT2D eigenvalue weighted by molar-refractivity contribution is -0.384. The topological polar surface area (TPSA) is 87.8 Å². The Morgan fingerprint density at radius 2 is 1.78 bits per heavy atom. The number of non-ortho nitro benzene ring substituents is 1. The lowest BCUT2D eigenvalue weighted by Gasteiger charge is -2.05. The molecule has 0 amide bonds. The molecule has 2 N–H and O–H groups in total. The fourth-order valence-electron chi connectivity index (χ4n) is 2.25. The molecule has 0 aliphatic carbocycles. The van der Waals surface area contributed by atoms with Crippen molar-refractivity contribution in [3.8, 4) is 5.75 Å². The van der Waals surface area contributed by atoms with Crippen LogP contribution in [0.5, 0.6) is 5.75 Å². The second-order valence-corrected chi connectivity index (χ2v) is 4.89. The lowest BCUT2D eigenvalue weighted by Crippen LogP contribution is -1.93. The lowest BCUT2D eigenvalue weighted by atomic mass is 10.0. The Morgan fingerprint density at radius 1 is 1.04 bits per heavy atom. The van der Waals surface area contributed by atoms with Crippen LogP contribution in [0.15, 0.2) is 65.8 Å². The van der Waals surface area contributed by atoms with Crippen molar-refractivity contribution in [3.05, 3.63) is 76.3 Å². The van der Waals surface area contributed by atoms with Crippen LogP contribution >= 0.6 is 0 Å². The highest BCUT2D eigenvalue weighted by Crippen LogP contribution is 2.25. The molecular weight excluding hydrogens is 294 g/mol. The Bertz CT molecular complexity index is 889. The van der Waals surface area contributed by atoms with Gasteiger partial charge in [-0.1, -0.05) is 30.3 Å². The average Bonchev–Trinajstić information content (AvgIpc) is 2.57. The molecule has 0 fully saturated rings. The first-order chi connectivity index (χ1) is 11.1. The van der Waals surface area contributed by atoms with Gasteiger partial charge in [0.15, 0.2) is 0 Å². The molecule has 0 spiro atoms. The molecule has 3 rings (SSSR count). The van der Waals surface area contributed by atoms with Crippen molar-refractivity contribution in [2.45, 2.75) is 0 Å². The van der Waals surface area contributed by atoms with Crippen molar-refractivity contribution in [2.75, 3.05) is 5.43 Å². The first-order valence-corrected chi connectivity index (χ1v) is 6.89. The summed E-state index contributed by atoms with van der Waals surface area (Å²) in [7, 11) is 0. The van der Waals surface area contributed by atoms with E-state index in [9.17, 15) is 15.2 Å². The number of rotatable bonds is 4. The fourth-order valence-corrected chi connectivity index (χ4v) is 2.25. The second kappa shape index (κ2) is 6.15. The first-order valence-electron chi connectivity index (χ1n) is 6.89. The Hall–Kier alpha value is -3.41. The summed E-state index contributed by atoms with van der Waals surface area (Å²) in [5.74, 6) is 0.137. The number of anilines is 1. The monoisotopic (exact) mass is 307 g/mol. The molecule has 114 valence electrons. The SMILES string of the molecule is O=[N+]([O-])c1ccc(NN=Cc2c(O)ccc3ccccc23)cc1. The number of hydrogen-bond acceptors (Lipinski definition) is 5. The molecule has 0 aromatic heterocycles. The van der Waals surface area contributed by atoms with Gasteiger partial charge in [-0.05, 0) is 29.0 Å². The van der Waals surface area contributed by atoms with Crippen LogP contribution in [-0.4, -0.2) is 16.2 Å². The number of aromatic hydroxyl groups is 1. The van der Waals surface area contributed by atoms with E-state index in [1.807, 2.05) is 30.3 Å². The second-order valence-electron chi connectivity index (χ2n) is 4.89. The summed E-state index contributed by atoms with van der Waals surface area (Å²) >= 11 is 0.